The second kappa shape index (κ2) is 9.48. The maximum Gasteiger partial charge on any atom is 0.265 e. The summed E-state index contributed by atoms with van der Waals surface area (Å²) in [7, 11) is 0. The number of rotatable bonds is 7. The minimum atomic E-state index is 0.429. The van der Waals surface area contributed by atoms with Gasteiger partial charge < -0.3 is 0 Å². The Balaban J connectivity index is 1.53. The van der Waals surface area contributed by atoms with Crippen molar-refractivity contribution in [3.8, 4) is 0 Å². The molecule has 0 radical (unpaired) electrons. The summed E-state index contributed by atoms with van der Waals surface area (Å²) in [5.41, 5.74) is 5.02. The Morgan fingerprint density at radius 2 is 1.42 bits per heavy atom. The molecule has 3 aromatic rings. The van der Waals surface area contributed by atoms with Crippen LogP contribution < -0.4 is 5.43 Å². The molecule has 1 N–H and O–H groups in total. The van der Waals surface area contributed by atoms with Crippen LogP contribution in [-0.4, -0.2) is 27.3 Å². The van der Waals surface area contributed by atoms with Gasteiger partial charge in [-0.2, -0.15) is 14.9 Å². The average molecular weight is 342 g/mol. The Labute approximate surface area is 151 Å². The fourth-order valence-corrected chi connectivity index (χ4v) is 2.07. The lowest BCUT2D eigenvalue weighted by molar-refractivity contribution is 0.880. The van der Waals surface area contributed by atoms with E-state index in [1.165, 1.54) is 11.0 Å². The minimum absolute atomic E-state index is 0.429. The van der Waals surface area contributed by atoms with Gasteiger partial charge in [-0.15, -0.1) is 10.2 Å². The lowest BCUT2D eigenvalue weighted by Gasteiger charge is -1.97. The van der Waals surface area contributed by atoms with E-state index >= 15 is 0 Å². The second-order valence-corrected chi connectivity index (χ2v) is 5.19. The third-order valence-electron chi connectivity index (χ3n) is 3.31. The van der Waals surface area contributed by atoms with Crippen molar-refractivity contribution in [2.24, 2.45) is 10.2 Å². The molecule has 0 atom stereocenters. The topological polar surface area (TPSA) is 67.5 Å². The standard InChI is InChI=1S/C20H18N6/c1-3-9-18(10-4-1)13-7-15-21-24-20-25-22-17-26(20)23-16-8-14-19-11-5-2-6-12-19/h1-17H,(H,24,25)/b13-7+,14-8+,21-15+,23-16+. The quantitative estimate of drug-likeness (QED) is 0.522. The van der Waals surface area contributed by atoms with Gasteiger partial charge in [0.1, 0.15) is 6.33 Å². The van der Waals surface area contributed by atoms with E-state index in [9.17, 15) is 0 Å². The molecule has 6 nitrogen and oxygen atoms in total. The first-order chi connectivity index (χ1) is 12.9. The zero-order valence-corrected chi connectivity index (χ0v) is 14.1. The summed E-state index contributed by atoms with van der Waals surface area (Å²) in [5, 5.41) is 16.1. The molecule has 0 amide bonds. The molecule has 2 aromatic carbocycles. The number of hydrogen-bond acceptors (Lipinski definition) is 5. The molecule has 0 aliphatic heterocycles. The number of nitrogens with one attached hydrogen (secondary N) is 1. The Bertz CT molecular complexity index is 908. The Kier molecular flexibility index (Phi) is 6.22. The monoisotopic (exact) mass is 342 g/mol. The number of hydrazone groups is 1. The summed E-state index contributed by atoms with van der Waals surface area (Å²) < 4.78 is 1.51. The molecule has 0 fully saturated rings. The zero-order chi connectivity index (χ0) is 17.9. The van der Waals surface area contributed by atoms with E-state index in [2.05, 4.69) is 25.8 Å². The molecule has 26 heavy (non-hydrogen) atoms. The predicted octanol–water partition coefficient (Wildman–Crippen LogP) is 3.94. The van der Waals surface area contributed by atoms with Crippen molar-refractivity contribution in [2.75, 3.05) is 5.43 Å². The van der Waals surface area contributed by atoms with Crippen molar-refractivity contribution in [2.45, 2.75) is 0 Å². The van der Waals surface area contributed by atoms with Crippen LogP contribution in [-0.2, 0) is 0 Å². The van der Waals surface area contributed by atoms with Crippen LogP contribution >= 0.6 is 0 Å². The van der Waals surface area contributed by atoms with E-state index in [1.807, 2.05) is 85.0 Å². The second-order valence-electron chi connectivity index (χ2n) is 5.19. The first-order valence-corrected chi connectivity index (χ1v) is 8.09. The molecule has 3 rings (SSSR count). The van der Waals surface area contributed by atoms with Gasteiger partial charge in [0.2, 0.25) is 0 Å². The molecule has 0 bridgehead atoms. The summed E-state index contributed by atoms with van der Waals surface area (Å²) >= 11 is 0. The van der Waals surface area contributed by atoms with Crippen LogP contribution in [0.1, 0.15) is 11.1 Å². The van der Waals surface area contributed by atoms with Crippen molar-refractivity contribution in [1.29, 1.82) is 0 Å². The lowest BCUT2D eigenvalue weighted by atomic mass is 10.2. The van der Waals surface area contributed by atoms with Crippen LogP contribution in [0.5, 0.6) is 0 Å². The SMILES string of the molecule is C(=C\c1ccccc1)/C=N/Nc1nncn1/N=C/C=C/c1ccccc1. The maximum atomic E-state index is 4.25. The van der Waals surface area contributed by atoms with Gasteiger partial charge in [-0.3, -0.25) is 0 Å². The first kappa shape index (κ1) is 17.0. The van der Waals surface area contributed by atoms with Crippen LogP contribution in [0.3, 0.4) is 0 Å². The predicted molar refractivity (Wildman–Crippen MR) is 107 cm³/mol. The van der Waals surface area contributed by atoms with Crippen LogP contribution in [0.15, 0.2) is 89.3 Å². The highest BCUT2D eigenvalue weighted by molar-refractivity contribution is 5.79. The van der Waals surface area contributed by atoms with Gasteiger partial charge >= 0.3 is 0 Å². The summed E-state index contributed by atoms with van der Waals surface area (Å²) in [4.78, 5) is 0. The first-order valence-electron chi connectivity index (χ1n) is 8.09. The van der Waals surface area contributed by atoms with E-state index in [4.69, 9.17) is 0 Å². The molecular weight excluding hydrogens is 324 g/mol. The highest BCUT2D eigenvalue weighted by Gasteiger charge is 1.98. The number of aromatic nitrogens is 3. The van der Waals surface area contributed by atoms with E-state index in [1.54, 1.807) is 12.4 Å². The van der Waals surface area contributed by atoms with Gasteiger partial charge in [-0.25, -0.2) is 5.43 Å². The van der Waals surface area contributed by atoms with Gasteiger partial charge in [0.05, 0.1) is 0 Å². The molecular formula is C20H18N6. The van der Waals surface area contributed by atoms with Crippen LogP contribution in [0.25, 0.3) is 12.2 Å². The summed E-state index contributed by atoms with van der Waals surface area (Å²) in [6.07, 6.45) is 12.4. The maximum absolute atomic E-state index is 4.25. The van der Waals surface area contributed by atoms with Crippen molar-refractivity contribution in [3.63, 3.8) is 0 Å². The van der Waals surface area contributed by atoms with Crippen molar-refractivity contribution in [1.82, 2.24) is 14.9 Å². The highest BCUT2D eigenvalue weighted by atomic mass is 15.5. The molecule has 0 saturated heterocycles. The summed E-state index contributed by atoms with van der Waals surface area (Å²) in [6.45, 7) is 0. The van der Waals surface area contributed by atoms with E-state index in [-0.39, 0.29) is 0 Å². The van der Waals surface area contributed by atoms with Crippen LogP contribution in [0, 0.1) is 0 Å². The van der Waals surface area contributed by atoms with Gasteiger partial charge in [-0.05, 0) is 23.3 Å². The molecule has 6 heteroatoms. The van der Waals surface area contributed by atoms with Crippen LogP contribution in [0.4, 0.5) is 5.95 Å². The third kappa shape index (κ3) is 5.38. The van der Waals surface area contributed by atoms with E-state index < -0.39 is 0 Å². The largest absolute Gasteiger partial charge is 0.265 e. The zero-order valence-electron chi connectivity index (χ0n) is 14.1. The summed E-state index contributed by atoms with van der Waals surface area (Å²) in [6, 6.07) is 20.0. The fraction of sp³-hybridized carbons (Fsp3) is 0. The minimum Gasteiger partial charge on any atom is -0.244 e. The molecule has 0 spiro atoms. The lowest BCUT2D eigenvalue weighted by Crippen LogP contribution is -1.97. The Morgan fingerprint density at radius 3 is 2.08 bits per heavy atom. The summed E-state index contributed by atoms with van der Waals surface area (Å²) in [5.74, 6) is 0.429. The van der Waals surface area contributed by atoms with Gasteiger partial charge in [0, 0.05) is 12.4 Å². The smallest absolute Gasteiger partial charge is 0.244 e. The van der Waals surface area contributed by atoms with Gasteiger partial charge in [0.15, 0.2) is 0 Å². The molecule has 1 heterocycles. The number of benzene rings is 2. The Morgan fingerprint density at radius 1 is 0.808 bits per heavy atom. The number of hydrogen-bond donors (Lipinski definition) is 1. The van der Waals surface area contributed by atoms with Gasteiger partial charge in [-0.1, -0.05) is 72.8 Å². The van der Waals surface area contributed by atoms with Crippen LogP contribution in [0.2, 0.25) is 0 Å². The number of anilines is 1. The molecule has 0 saturated carbocycles. The van der Waals surface area contributed by atoms with Crippen molar-refractivity contribution >= 4 is 30.5 Å². The number of allylic oxidation sites excluding steroid dienone is 2. The van der Waals surface area contributed by atoms with Gasteiger partial charge in [0.25, 0.3) is 5.95 Å². The molecule has 0 aliphatic rings. The average Bonchev–Trinajstić information content (AvgIpc) is 3.14. The highest BCUT2D eigenvalue weighted by Crippen LogP contribution is 2.03. The molecule has 1 aromatic heterocycles. The number of nitrogens with zero attached hydrogens (tertiary/aromatic N) is 5. The molecule has 0 unspecified atom stereocenters. The fourth-order valence-electron chi connectivity index (χ4n) is 2.07. The Hall–Kier alpha value is -3.80. The van der Waals surface area contributed by atoms with E-state index in [0.29, 0.717) is 5.95 Å². The normalized spacial score (nSPS) is 12.0. The molecule has 128 valence electrons. The third-order valence-corrected chi connectivity index (χ3v) is 3.31. The molecule has 0 aliphatic carbocycles. The van der Waals surface area contributed by atoms with Crippen molar-refractivity contribution < 1.29 is 0 Å². The van der Waals surface area contributed by atoms with E-state index in [0.717, 1.165) is 11.1 Å². The van der Waals surface area contributed by atoms with Crippen molar-refractivity contribution in [3.05, 3.63) is 90.3 Å².